The van der Waals surface area contributed by atoms with E-state index in [1.165, 1.54) is 12.4 Å². The highest BCUT2D eigenvalue weighted by molar-refractivity contribution is 7.89. The van der Waals surface area contributed by atoms with Gasteiger partial charge in [0.2, 0.25) is 10.0 Å². The van der Waals surface area contributed by atoms with Gasteiger partial charge in [-0.25, -0.2) is 27.1 Å². The van der Waals surface area contributed by atoms with Crippen molar-refractivity contribution in [1.29, 1.82) is 0 Å². The van der Waals surface area contributed by atoms with E-state index in [4.69, 9.17) is 5.21 Å². The van der Waals surface area contributed by atoms with Crippen LogP contribution >= 0.6 is 0 Å². The molecule has 2 aromatic rings. The first-order chi connectivity index (χ1) is 12.6. The molecule has 0 aliphatic rings. The number of aryl methyl sites for hydroxylation is 1. The van der Waals surface area contributed by atoms with E-state index in [1.54, 1.807) is 0 Å². The monoisotopic (exact) mass is 402 g/mol. The van der Waals surface area contributed by atoms with E-state index >= 15 is 0 Å². The van der Waals surface area contributed by atoms with Gasteiger partial charge in [-0.15, -0.1) is 0 Å². The summed E-state index contributed by atoms with van der Waals surface area (Å²) in [6.45, 7) is 1.67. The van der Waals surface area contributed by atoms with Gasteiger partial charge in [-0.2, -0.15) is 4.31 Å². The smallest absolute Gasteiger partial charge is 0.261 e. The molecule has 2 N–H and O–H groups in total. The molecule has 0 heterocycles. The molecule has 0 bridgehead atoms. The van der Waals surface area contributed by atoms with Crippen LogP contribution < -0.4 is 5.48 Å². The van der Waals surface area contributed by atoms with Crippen molar-refractivity contribution in [2.24, 2.45) is 0 Å². The van der Waals surface area contributed by atoms with Crippen molar-refractivity contribution in [2.75, 3.05) is 0 Å². The van der Waals surface area contributed by atoms with Crippen LogP contribution in [0.1, 0.15) is 18.1 Å². The molecule has 0 saturated carbocycles. The van der Waals surface area contributed by atoms with Gasteiger partial charge in [0, 0.05) is 12.1 Å². The number of hydrogen-bond acceptors (Lipinski definition) is 4. The molecule has 0 aliphatic heterocycles. The topological polar surface area (TPSA) is 86.7 Å². The highest BCUT2D eigenvalue weighted by atomic mass is 32.2. The van der Waals surface area contributed by atoms with Crippen LogP contribution in [-0.4, -0.2) is 29.9 Å². The molecular weight excluding hydrogens is 385 g/mol. The van der Waals surface area contributed by atoms with Crippen LogP contribution in [0.15, 0.2) is 41.3 Å². The average Bonchev–Trinajstić information content (AvgIpc) is 2.62. The Balaban J connectivity index is 2.58. The molecule has 10 heteroatoms. The van der Waals surface area contributed by atoms with Crippen LogP contribution in [0.5, 0.6) is 0 Å². The SMILES string of the molecule is Cc1cc(S(=O)(=O)N(Cc2c(F)cccc2F)[C@H](C)C(=O)NO)ccc1F. The van der Waals surface area contributed by atoms with E-state index < -0.39 is 51.5 Å². The molecule has 0 unspecified atom stereocenters. The molecular formula is C17H17F3N2O4S. The molecule has 0 aromatic heterocycles. The predicted molar refractivity (Wildman–Crippen MR) is 89.6 cm³/mol. The Kier molecular flexibility index (Phi) is 6.24. The Hall–Kier alpha value is -2.43. The lowest BCUT2D eigenvalue weighted by molar-refractivity contribution is -0.132. The number of benzene rings is 2. The second-order valence-corrected chi connectivity index (χ2v) is 7.70. The molecule has 0 spiro atoms. The van der Waals surface area contributed by atoms with E-state index in [9.17, 15) is 26.4 Å². The average molecular weight is 402 g/mol. The standard InChI is InChI=1S/C17H17F3N2O4S/c1-10-8-12(6-7-14(10)18)27(25,26)22(11(2)17(23)21-24)9-13-15(19)4-3-5-16(13)20/h3-8,11,24H,9H2,1-2H3,(H,21,23)/t11-/m1/s1. The first-order valence-corrected chi connectivity index (χ1v) is 9.18. The van der Waals surface area contributed by atoms with Gasteiger partial charge in [0.05, 0.1) is 4.90 Å². The van der Waals surface area contributed by atoms with Crippen molar-refractivity contribution in [3.63, 3.8) is 0 Å². The van der Waals surface area contributed by atoms with Crippen LogP contribution in [0.4, 0.5) is 13.2 Å². The fourth-order valence-corrected chi connectivity index (χ4v) is 4.05. The predicted octanol–water partition coefficient (Wildman–Crippen LogP) is 2.50. The number of amides is 1. The lowest BCUT2D eigenvalue weighted by Crippen LogP contribution is -2.47. The molecule has 0 saturated heterocycles. The molecule has 146 valence electrons. The van der Waals surface area contributed by atoms with Gasteiger partial charge in [0.25, 0.3) is 5.91 Å². The second kappa shape index (κ2) is 8.07. The normalized spacial score (nSPS) is 12.9. The zero-order valence-corrected chi connectivity index (χ0v) is 15.2. The Morgan fingerprint density at radius 1 is 1.15 bits per heavy atom. The van der Waals surface area contributed by atoms with Gasteiger partial charge in [-0.1, -0.05) is 6.07 Å². The maximum absolute atomic E-state index is 14.0. The third-order valence-electron chi connectivity index (χ3n) is 4.03. The van der Waals surface area contributed by atoms with E-state index in [1.807, 2.05) is 0 Å². The zero-order valence-electron chi connectivity index (χ0n) is 14.4. The van der Waals surface area contributed by atoms with Crippen LogP contribution in [0.2, 0.25) is 0 Å². The summed E-state index contributed by atoms with van der Waals surface area (Å²) in [5.41, 5.74) is 0.775. The van der Waals surface area contributed by atoms with Gasteiger partial charge in [-0.05, 0) is 49.7 Å². The van der Waals surface area contributed by atoms with Crippen molar-refractivity contribution in [1.82, 2.24) is 9.79 Å². The lowest BCUT2D eigenvalue weighted by atomic mass is 10.2. The number of nitrogens with zero attached hydrogens (tertiary/aromatic N) is 1. The van der Waals surface area contributed by atoms with Gasteiger partial charge in [-0.3, -0.25) is 10.0 Å². The summed E-state index contributed by atoms with van der Waals surface area (Å²) in [7, 11) is -4.47. The fourth-order valence-electron chi connectivity index (χ4n) is 2.41. The van der Waals surface area contributed by atoms with Crippen LogP contribution in [0.25, 0.3) is 0 Å². The number of hydroxylamine groups is 1. The number of rotatable bonds is 6. The summed E-state index contributed by atoms with van der Waals surface area (Å²) >= 11 is 0. The Bertz CT molecular complexity index is 946. The summed E-state index contributed by atoms with van der Waals surface area (Å²) in [6, 6.07) is 4.44. The highest BCUT2D eigenvalue weighted by Crippen LogP contribution is 2.25. The first kappa shape index (κ1) is 20.9. The number of halogens is 3. The summed E-state index contributed by atoms with van der Waals surface area (Å²) in [4.78, 5) is 11.4. The maximum Gasteiger partial charge on any atom is 0.261 e. The Morgan fingerprint density at radius 3 is 2.26 bits per heavy atom. The van der Waals surface area contributed by atoms with Crippen molar-refractivity contribution < 1.29 is 31.6 Å². The molecule has 0 aliphatic carbocycles. The molecule has 6 nitrogen and oxygen atoms in total. The Labute approximate surface area is 154 Å². The fraction of sp³-hybridized carbons (Fsp3) is 0.235. The molecule has 2 rings (SSSR count). The van der Waals surface area contributed by atoms with E-state index in [0.29, 0.717) is 4.31 Å². The van der Waals surface area contributed by atoms with Crippen molar-refractivity contribution in [3.05, 3.63) is 65.0 Å². The largest absolute Gasteiger partial charge is 0.289 e. The van der Waals surface area contributed by atoms with Crippen molar-refractivity contribution in [2.45, 2.75) is 31.3 Å². The minimum atomic E-state index is -4.47. The van der Waals surface area contributed by atoms with E-state index in [2.05, 4.69) is 0 Å². The van der Waals surface area contributed by atoms with Crippen molar-refractivity contribution in [3.8, 4) is 0 Å². The number of carbonyl (C=O) groups excluding carboxylic acids is 1. The minimum Gasteiger partial charge on any atom is -0.289 e. The molecule has 1 atom stereocenters. The third-order valence-corrected chi connectivity index (χ3v) is 5.95. The molecule has 1 amide bonds. The van der Waals surface area contributed by atoms with Crippen LogP contribution in [0.3, 0.4) is 0 Å². The molecule has 2 aromatic carbocycles. The van der Waals surface area contributed by atoms with E-state index in [0.717, 1.165) is 43.3 Å². The van der Waals surface area contributed by atoms with Gasteiger partial charge >= 0.3 is 0 Å². The molecule has 0 fully saturated rings. The number of nitrogens with one attached hydrogen (secondary N) is 1. The van der Waals surface area contributed by atoms with Gasteiger partial charge < -0.3 is 0 Å². The van der Waals surface area contributed by atoms with Gasteiger partial charge in [0.15, 0.2) is 0 Å². The third kappa shape index (κ3) is 4.29. The summed E-state index contributed by atoms with van der Waals surface area (Å²) < 4.78 is 68.0. The maximum atomic E-state index is 14.0. The quantitative estimate of drug-likeness (QED) is 0.574. The number of hydrogen-bond donors (Lipinski definition) is 2. The number of carbonyl (C=O) groups is 1. The summed E-state index contributed by atoms with van der Waals surface area (Å²) in [5.74, 6) is -3.74. The number of sulfonamides is 1. The highest BCUT2D eigenvalue weighted by Gasteiger charge is 2.34. The summed E-state index contributed by atoms with van der Waals surface area (Å²) in [5, 5.41) is 8.83. The first-order valence-electron chi connectivity index (χ1n) is 7.74. The van der Waals surface area contributed by atoms with Gasteiger partial charge in [0.1, 0.15) is 23.5 Å². The molecule has 27 heavy (non-hydrogen) atoms. The summed E-state index contributed by atoms with van der Waals surface area (Å²) in [6.07, 6.45) is 0. The van der Waals surface area contributed by atoms with Crippen molar-refractivity contribution >= 4 is 15.9 Å². The van der Waals surface area contributed by atoms with Crippen LogP contribution in [-0.2, 0) is 21.4 Å². The lowest BCUT2D eigenvalue weighted by Gasteiger charge is -2.27. The second-order valence-electron chi connectivity index (χ2n) is 5.81. The van der Waals surface area contributed by atoms with E-state index in [-0.39, 0.29) is 10.5 Å². The minimum absolute atomic E-state index is 0.0346. The van der Waals surface area contributed by atoms with Crippen LogP contribution in [0, 0.1) is 24.4 Å². The molecule has 0 radical (unpaired) electrons. The Morgan fingerprint density at radius 2 is 1.74 bits per heavy atom. The zero-order chi connectivity index (χ0) is 20.4.